The van der Waals surface area contributed by atoms with Gasteiger partial charge in [0.15, 0.2) is 9.84 Å². The van der Waals surface area contributed by atoms with Crippen molar-refractivity contribution in [3.8, 4) is 6.07 Å². The van der Waals surface area contributed by atoms with Crippen molar-refractivity contribution in [2.45, 2.75) is 24.9 Å². The lowest BCUT2D eigenvalue weighted by molar-refractivity contribution is 0.586. The number of nitriles is 1. The number of rotatable bonds is 3. The van der Waals surface area contributed by atoms with E-state index in [2.05, 4.69) is 0 Å². The minimum absolute atomic E-state index is 0.000185. The van der Waals surface area contributed by atoms with Gasteiger partial charge in [-0.2, -0.15) is 5.26 Å². The van der Waals surface area contributed by atoms with E-state index in [-0.39, 0.29) is 11.0 Å². The van der Waals surface area contributed by atoms with Crippen molar-refractivity contribution in [3.05, 3.63) is 35.4 Å². The van der Waals surface area contributed by atoms with Gasteiger partial charge in [0.05, 0.1) is 22.6 Å². The second-order valence-electron chi connectivity index (χ2n) is 3.67. The Kier molecular flexibility index (Phi) is 3.48. The molecule has 0 radical (unpaired) electrons. The maximum absolute atomic E-state index is 11.6. The number of nitrogens with zero attached hydrogens (tertiary/aromatic N) is 1. The van der Waals surface area contributed by atoms with Gasteiger partial charge >= 0.3 is 0 Å². The summed E-state index contributed by atoms with van der Waals surface area (Å²) in [5.41, 5.74) is 1.16. The van der Waals surface area contributed by atoms with Crippen LogP contribution in [0.3, 0.4) is 0 Å². The van der Waals surface area contributed by atoms with Crippen molar-refractivity contribution in [1.29, 1.82) is 5.26 Å². The van der Waals surface area contributed by atoms with E-state index in [1.165, 1.54) is 0 Å². The van der Waals surface area contributed by atoms with Crippen molar-refractivity contribution in [1.82, 2.24) is 0 Å². The van der Waals surface area contributed by atoms with E-state index in [4.69, 9.17) is 5.26 Å². The average molecular weight is 223 g/mol. The Morgan fingerprint density at radius 3 is 2.60 bits per heavy atom. The van der Waals surface area contributed by atoms with Gasteiger partial charge in [-0.1, -0.05) is 12.1 Å². The molecule has 3 nitrogen and oxygen atoms in total. The molecule has 0 aromatic heterocycles. The maximum atomic E-state index is 11.6. The van der Waals surface area contributed by atoms with Gasteiger partial charge < -0.3 is 0 Å². The topological polar surface area (TPSA) is 57.9 Å². The number of benzene rings is 1. The average Bonchev–Trinajstić information content (AvgIpc) is 2.17. The van der Waals surface area contributed by atoms with Crippen LogP contribution < -0.4 is 0 Å². The molecule has 15 heavy (non-hydrogen) atoms. The van der Waals surface area contributed by atoms with Gasteiger partial charge in [0.2, 0.25) is 0 Å². The van der Waals surface area contributed by atoms with Crippen molar-refractivity contribution < 1.29 is 8.42 Å². The van der Waals surface area contributed by atoms with Crippen LogP contribution in [0.5, 0.6) is 0 Å². The third kappa shape index (κ3) is 3.07. The summed E-state index contributed by atoms with van der Waals surface area (Å²) in [6.07, 6.45) is 0. The Morgan fingerprint density at radius 1 is 1.40 bits per heavy atom. The fraction of sp³-hybridized carbons (Fsp3) is 0.364. The van der Waals surface area contributed by atoms with Crippen molar-refractivity contribution in [2.75, 3.05) is 0 Å². The summed E-state index contributed by atoms with van der Waals surface area (Å²) in [5, 5.41) is 8.28. The lowest BCUT2D eigenvalue weighted by atomic mass is 10.2. The van der Waals surface area contributed by atoms with Crippen molar-refractivity contribution in [3.63, 3.8) is 0 Å². The van der Waals surface area contributed by atoms with E-state index in [1.54, 1.807) is 38.1 Å². The number of hydrogen-bond acceptors (Lipinski definition) is 3. The Bertz CT molecular complexity index is 484. The molecule has 1 aromatic rings. The largest absolute Gasteiger partial charge is 0.228 e. The molecule has 0 saturated heterocycles. The zero-order chi connectivity index (χ0) is 11.5. The highest BCUT2D eigenvalue weighted by Crippen LogP contribution is 2.12. The first-order chi connectivity index (χ1) is 6.95. The summed E-state index contributed by atoms with van der Waals surface area (Å²) in [4.78, 5) is 0. The Labute approximate surface area is 90.3 Å². The molecule has 0 aliphatic heterocycles. The fourth-order valence-corrected chi connectivity index (χ4v) is 2.11. The van der Waals surface area contributed by atoms with Crippen LogP contribution in [-0.2, 0) is 15.6 Å². The molecule has 4 heteroatoms. The molecule has 80 valence electrons. The maximum Gasteiger partial charge on any atom is 0.156 e. The normalized spacial score (nSPS) is 11.3. The molecule has 0 saturated carbocycles. The summed E-state index contributed by atoms with van der Waals surface area (Å²) < 4.78 is 23.2. The van der Waals surface area contributed by atoms with Gasteiger partial charge in [-0.05, 0) is 31.5 Å². The molecule has 0 spiro atoms. The quantitative estimate of drug-likeness (QED) is 0.786. The van der Waals surface area contributed by atoms with Crippen LogP contribution in [-0.4, -0.2) is 13.7 Å². The molecular formula is C11H13NO2S. The molecular weight excluding hydrogens is 210 g/mol. The third-order valence-electron chi connectivity index (χ3n) is 2.14. The standard InChI is InChI=1S/C11H13NO2S/c1-9(2)15(13,14)8-11-5-3-4-10(6-11)7-12/h3-6,9H,8H2,1-2H3. The van der Waals surface area contributed by atoms with Gasteiger partial charge in [-0.3, -0.25) is 0 Å². The van der Waals surface area contributed by atoms with E-state index >= 15 is 0 Å². The first-order valence-corrected chi connectivity index (χ1v) is 6.38. The van der Waals surface area contributed by atoms with Crippen LogP contribution in [0.25, 0.3) is 0 Å². The highest BCUT2D eigenvalue weighted by Gasteiger charge is 2.16. The second-order valence-corrected chi connectivity index (χ2v) is 6.23. The monoisotopic (exact) mass is 223 g/mol. The molecule has 0 bridgehead atoms. The summed E-state index contributed by atoms with van der Waals surface area (Å²) in [6, 6.07) is 8.68. The minimum atomic E-state index is -3.09. The highest BCUT2D eigenvalue weighted by atomic mass is 32.2. The molecule has 0 atom stereocenters. The van der Waals surface area contributed by atoms with Crippen molar-refractivity contribution in [2.24, 2.45) is 0 Å². The molecule has 0 aliphatic carbocycles. The Hall–Kier alpha value is -1.34. The molecule has 0 heterocycles. The zero-order valence-electron chi connectivity index (χ0n) is 8.77. The lowest BCUT2D eigenvalue weighted by Gasteiger charge is -2.07. The summed E-state index contributed by atoms with van der Waals surface area (Å²) in [5.74, 6) is 0.000185. The van der Waals surface area contributed by atoms with Gasteiger partial charge in [0.25, 0.3) is 0 Å². The SMILES string of the molecule is CC(C)S(=O)(=O)Cc1cccc(C#N)c1. The zero-order valence-corrected chi connectivity index (χ0v) is 9.58. The van der Waals surface area contributed by atoms with Gasteiger partial charge in [0, 0.05) is 0 Å². The first kappa shape index (κ1) is 11.7. The summed E-state index contributed by atoms with van der Waals surface area (Å²) in [7, 11) is -3.09. The molecule has 0 amide bonds. The Morgan fingerprint density at radius 2 is 2.07 bits per heavy atom. The van der Waals surface area contributed by atoms with Crippen LogP contribution in [0, 0.1) is 11.3 Å². The summed E-state index contributed by atoms with van der Waals surface area (Å²) >= 11 is 0. The molecule has 0 unspecified atom stereocenters. The molecule has 0 N–H and O–H groups in total. The smallest absolute Gasteiger partial charge is 0.156 e. The molecule has 1 rings (SSSR count). The van der Waals surface area contributed by atoms with E-state index < -0.39 is 9.84 Å². The van der Waals surface area contributed by atoms with E-state index in [9.17, 15) is 8.42 Å². The van der Waals surface area contributed by atoms with Gasteiger partial charge in [-0.15, -0.1) is 0 Å². The third-order valence-corrected chi connectivity index (χ3v) is 4.31. The molecule has 0 fully saturated rings. The van der Waals surface area contributed by atoms with Crippen LogP contribution in [0.1, 0.15) is 25.0 Å². The van der Waals surface area contributed by atoms with E-state index in [0.717, 1.165) is 0 Å². The number of hydrogen-bond donors (Lipinski definition) is 0. The minimum Gasteiger partial charge on any atom is -0.228 e. The van der Waals surface area contributed by atoms with Crippen LogP contribution in [0.2, 0.25) is 0 Å². The number of sulfone groups is 1. The lowest BCUT2D eigenvalue weighted by Crippen LogP contribution is -2.16. The molecule has 1 aromatic carbocycles. The van der Waals surface area contributed by atoms with Gasteiger partial charge in [-0.25, -0.2) is 8.42 Å². The predicted octanol–water partition coefficient (Wildman–Crippen LogP) is 1.88. The van der Waals surface area contributed by atoms with Gasteiger partial charge in [0.1, 0.15) is 0 Å². The fourth-order valence-electron chi connectivity index (χ4n) is 1.13. The van der Waals surface area contributed by atoms with E-state index in [1.807, 2.05) is 6.07 Å². The first-order valence-electron chi connectivity index (χ1n) is 4.66. The second kappa shape index (κ2) is 4.45. The predicted molar refractivity (Wildman–Crippen MR) is 58.9 cm³/mol. The highest BCUT2D eigenvalue weighted by molar-refractivity contribution is 7.91. The van der Waals surface area contributed by atoms with Crippen LogP contribution in [0.4, 0.5) is 0 Å². The van der Waals surface area contributed by atoms with Crippen LogP contribution in [0.15, 0.2) is 24.3 Å². The Balaban J connectivity index is 2.96. The summed E-state index contributed by atoms with van der Waals surface area (Å²) in [6.45, 7) is 3.31. The molecule has 0 aliphatic rings. The van der Waals surface area contributed by atoms with Crippen LogP contribution >= 0.6 is 0 Å². The van der Waals surface area contributed by atoms with E-state index in [0.29, 0.717) is 11.1 Å². The van der Waals surface area contributed by atoms with Crippen molar-refractivity contribution >= 4 is 9.84 Å².